The Morgan fingerprint density at radius 1 is 1.12 bits per heavy atom. The molecular weight excluding hydrogens is 311 g/mol. The van der Waals surface area contributed by atoms with Gasteiger partial charge in [-0.05, 0) is 29.7 Å². The fourth-order valence-electron chi connectivity index (χ4n) is 2.23. The molecule has 0 aromatic heterocycles. The highest BCUT2D eigenvalue weighted by atomic mass is 19.1. The molecule has 2 aromatic rings. The van der Waals surface area contributed by atoms with E-state index in [0.717, 1.165) is 23.1 Å². The Morgan fingerprint density at radius 2 is 1.83 bits per heavy atom. The highest BCUT2D eigenvalue weighted by Crippen LogP contribution is 2.24. The van der Waals surface area contributed by atoms with Crippen LogP contribution in [0.3, 0.4) is 0 Å². The third-order valence-corrected chi connectivity index (χ3v) is 3.45. The first-order chi connectivity index (χ1) is 11.7. The molecule has 4 nitrogen and oxygen atoms in total. The Bertz CT molecular complexity index is 725. The van der Waals surface area contributed by atoms with E-state index in [1.165, 1.54) is 7.11 Å². The summed E-state index contributed by atoms with van der Waals surface area (Å²) < 4.78 is 27.5. The van der Waals surface area contributed by atoms with Crippen molar-refractivity contribution in [3.8, 4) is 5.75 Å². The van der Waals surface area contributed by atoms with Gasteiger partial charge >= 0.3 is 5.97 Å². The number of rotatable bonds is 7. The topological polar surface area (TPSA) is 44.8 Å². The van der Waals surface area contributed by atoms with Gasteiger partial charge in [0.05, 0.1) is 7.11 Å². The van der Waals surface area contributed by atoms with Gasteiger partial charge in [0.15, 0.2) is 0 Å². The van der Waals surface area contributed by atoms with Gasteiger partial charge in [-0.25, -0.2) is 9.18 Å². The van der Waals surface area contributed by atoms with E-state index >= 15 is 0 Å². The highest BCUT2D eigenvalue weighted by Gasteiger charge is 2.17. The van der Waals surface area contributed by atoms with Crippen LogP contribution in [0.4, 0.5) is 4.39 Å². The van der Waals surface area contributed by atoms with Crippen LogP contribution in [0.5, 0.6) is 5.75 Å². The molecule has 0 spiro atoms. The molecule has 0 saturated heterocycles. The van der Waals surface area contributed by atoms with E-state index in [9.17, 15) is 9.18 Å². The zero-order chi connectivity index (χ0) is 17.4. The number of para-hydroxylation sites is 1. The first kappa shape index (κ1) is 17.5. The van der Waals surface area contributed by atoms with Crippen LogP contribution in [0.2, 0.25) is 0 Å². The average molecular weight is 330 g/mol. The zero-order valence-electron chi connectivity index (χ0n) is 13.6. The Kier molecular flexibility index (Phi) is 6.37. The molecule has 0 aliphatic rings. The maximum atomic E-state index is 12.3. The second-order valence-electron chi connectivity index (χ2n) is 5.01. The molecule has 5 heteroatoms. The molecule has 2 rings (SSSR count). The minimum Gasteiger partial charge on any atom is -0.489 e. The first-order valence-electron chi connectivity index (χ1n) is 7.40. The lowest BCUT2D eigenvalue weighted by Gasteiger charge is -2.13. The van der Waals surface area contributed by atoms with Gasteiger partial charge in [0.2, 0.25) is 6.86 Å². The number of hydrogen-bond acceptors (Lipinski definition) is 4. The number of halogens is 1. The largest absolute Gasteiger partial charge is 0.489 e. The third kappa shape index (κ3) is 4.35. The molecule has 126 valence electrons. The Labute approximate surface area is 140 Å². The van der Waals surface area contributed by atoms with Gasteiger partial charge in [0, 0.05) is 0 Å². The number of ether oxygens (including phenoxy) is 3. The molecule has 0 bridgehead atoms. The van der Waals surface area contributed by atoms with E-state index < -0.39 is 12.8 Å². The van der Waals surface area contributed by atoms with E-state index in [-0.39, 0.29) is 12.2 Å². The molecule has 0 aliphatic heterocycles. The summed E-state index contributed by atoms with van der Waals surface area (Å²) in [6.07, 6.45) is 1.07. The summed E-state index contributed by atoms with van der Waals surface area (Å²) in [6.45, 7) is 1.18. The molecule has 2 aromatic carbocycles. The van der Waals surface area contributed by atoms with Crippen LogP contribution >= 0.6 is 0 Å². The number of hydrogen-bond donors (Lipinski definition) is 0. The Morgan fingerprint density at radius 3 is 2.54 bits per heavy atom. The van der Waals surface area contributed by atoms with Gasteiger partial charge in [-0.3, -0.25) is 0 Å². The number of carbonyl (C=O) groups excluding carboxylic acids is 1. The summed E-state index contributed by atoms with van der Waals surface area (Å²) in [5, 5.41) is 0. The molecule has 0 unspecified atom stereocenters. The molecule has 0 atom stereocenters. The van der Waals surface area contributed by atoms with Gasteiger partial charge in [-0.2, -0.15) is 0 Å². The van der Waals surface area contributed by atoms with Crippen molar-refractivity contribution in [1.29, 1.82) is 0 Å². The maximum absolute atomic E-state index is 12.3. The van der Waals surface area contributed by atoms with Crippen molar-refractivity contribution >= 4 is 11.5 Å². The molecule has 0 amide bonds. The van der Waals surface area contributed by atoms with E-state index in [4.69, 9.17) is 9.47 Å². The predicted molar refractivity (Wildman–Crippen MR) is 89.0 cm³/mol. The summed E-state index contributed by atoms with van der Waals surface area (Å²) in [4.78, 5) is 12.0. The van der Waals surface area contributed by atoms with Gasteiger partial charge in [0.1, 0.15) is 24.2 Å². The number of aryl methyl sites for hydroxylation is 1. The van der Waals surface area contributed by atoms with Crippen LogP contribution in [0, 0.1) is 6.92 Å². The van der Waals surface area contributed by atoms with Crippen molar-refractivity contribution in [3.63, 3.8) is 0 Å². The quantitative estimate of drug-likeness (QED) is 0.437. The lowest BCUT2D eigenvalue weighted by atomic mass is 10.0. The van der Waals surface area contributed by atoms with Crippen LogP contribution in [0.25, 0.3) is 5.57 Å². The van der Waals surface area contributed by atoms with Crippen LogP contribution in [-0.4, -0.2) is 19.9 Å². The summed E-state index contributed by atoms with van der Waals surface area (Å²) in [7, 11) is 1.26. The van der Waals surface area contributed by atoms with Crippen molar-refractivity contribution in [1.82, 2.24) is 0 Å². The minimum absolute atomic E-state index is 0.138. The molecule has 0 heterocycles. The molecular formula is C19H19FO4. The summed E-state index contributed by atoms with van der Waals surface area (Å²) in [6, 6.07) is 14.8. The molecule has 24 heavy (non-hydrogen) atoms. The van der Waals surface area contributed by atoms with Crippen LogP contribution in [0.1, 0.15) is 16.7 Å². The smallest absolute Gasteiger partial charge is 0.341 e. The predicted octanol–water partition coefficient (Wildman–Crippen LogP) is 4.03. The van der Waals surface area contributed by atoms with Crippen LogP contribution < -0.4 is 4.74 Å². The molecule has 0 aliphatic carbocycles. The Balaban J connectivity index is 2.28. The van der Waals surface area contributed by atoms with Crippen molar-refractivity contribution in [2.45, 2.75) is 13.5 Å². The molecule has 0 fully saturated rings. The fraction of sp³-hybridized carbons (Fsp3) is 0.211. The monoisotopic (exact) mass is 330 g/mol. The second kappa shape index (κ2) is 8.72. The summed E-state index contributed by atoms with van der Waals surface area (Å²) in [5.74, 6) is 0.155. The lowest BCUT2D eigenvalue weighted by molar-refractivity contribution is -0.133. The Hall–Kier alpha value is -2.82. The standard InChI is InChI=1S/C19H19FO4/c1-14-7-3-6-10-18(14)24-11-15-8-4-5-9-16(15)17(12-23-13-20)19(21)22-2/h3-10,12H,11,13H2,1-2H3. The molecule has 0 saturated carbocycles. The first-order valence-corrected chi connectivity index (χ1v) is 7.40. The lowest BCUT2D eigenvalue weighted by Crippen LogP contribution is -2.08. The molecule has 0 radical (unpaired) electrons. The number of benzene rings is 2. The van der Waals surface area contributed by atoms with E-state index in [1.54, 1.807) is 12.1 Å². The maximum Gasteiger partial charge on any atom is 0.341 e. The van der Waals surface area contributed by atoms with Gasteiger partial charge < -0.3 is 14.2 Å². The molecule has 0 N–H and O–H groups in total. The third-order valence-electron chi connectivity index (χ3n) is 3.45. The SMILES string of the molecule is COC(=O)C(=COCF)c1ccccc1COc1ccccc1C. The van der Waals surface area contributed by atoms with Crippen molar-refractivity contribution in [2.24, 2.45) is 0 Å². The van der Waals surface area contributed by atoms with Crippen molar-refractivity contribution < 1.29 is 23.4 Å². The van der Waals surface area contributed by atoms with Crippen LogP contribution in [-0.2, 0) is 20.9 Å². The van der Waals surface area contributed by atoms with Crippen molar-refractivity contribution in [3.05, 3.63) is 71.5 Å². The van der Waals surface area contributed by atoms with Gasteiger partial charge in [-0.15, -0.1) is 0 Å². The van der Waals surface area contributed by atoms with E-state index in [0.29, 0.717) is 5.56 Å². The number of carbonyl (C=O) groups is 1. The number of alkyl halides is 1. The minimum atomic E-state index is -1.03. The fourth-order valence-corrected chi connectivity index (χ4v) is 2.23. The van der Waals surface area contributed by atoms with E-state index in [1.807, 2.05) is 43.3 Å². The number of esters is 1. The highest BCUT2D eigenvalue weighted by molar-refractivity contribution is 6.16. The second-order valence-corrected chi connectivity index (χ2v) is 5.01. The van der Waals surface area contributed by atoms with Gasteiger partial charge in [-0.1, -0.05) is 42.5 Å². The van der Waals surface area contributed by atoms with Crippen LogP contribution in [0.15, 0.2) is 54.8 Å². The number of methoxy groups -OCH3 is 1. The normalized spacial score (nSPS) is 11.0. The zero-order valence-corrected chi connectivity index (χ0v) is 13.6. The summed E-state index contributed by atoms with van der Waals surface area (Å²) >= 11 is 0. The summed E-state index contributed by atoms with van der Waals surface area (Å²) in [5.41, 5.74) is 2.49. The van der Waals surface area contributed by atoms with E-state index in [2.05, 4.69) is 4.74 Å². The van der Waals surface area contributed by atoms with Gasteiger partial charge in [0.25, 0.3) is 0 Å². The average Bonchev–Trinajstić information content (AvgIpc) is 2.62. The van der Waals surface area contributed by atoms with Crippen molar-refractivity contribution in [2.75, 3.05) is 14.0 Å².